The van der Waals surface area contributed by atoms with Crippen LogP contribution in [0.1, 0.15) is 6.42 Å². The maximum Gasteiger partial charge on any atom is 0.221 e. The zero-order chi connectivity index (χ0) is 11.2. The number of hydrogen-bond donors (Lipinski definition) is 1. The predicted octanol–water partition coefficient (Wildman–Crippen LogP) is 1.16. The van der Waals surface area contributed by atoms with E-state index in [4.69, 9.17) is 5.73 Å². The lowest BCUT2D eigenvalue weighted by Gasteiger charge is -2.37. The molecule has 1 aliphatic carbocycles. The number of nitrogens with two attached hydrogens (primary N) is 1. The highest BCUT2D eigenvalue weighted by Crippen LogP contribution is 2.52. The van der Waals surface area contributed by atoms with Gasteiger partial charge in [0.1, 0.15) is 0 Å². The van der Waals surface area contributed by atoms with Crippen molar-refractivity contribution in [2.24, 2.45) is 22.6 Å². The molecule has 0 aromatic carbocycles. The van der Waals surface area contributed by atoms with Crippen LogP contribution in [0.3, 0.4) is 0 Å². The summed E-state index contributed by atoms with van der Waals surface area (Å²) >= 11 is 1.82. The van der Waals surface area contributed by atoms with Gasteiger partial charge in [-0.1, -0.05) is 18.2 Å². The lowest BCUT2D eigenvalue weighted by molar-refractivity contribution is -0.122. The van der Waals surface area contributed by atoms with Crippen LogP contribution in [-0.2, 0) is 4.79 Å². The standard InChI is InChI=1S/C12H14N2OS/c13-11(15)8-7-16-12-5-2-1-3-10(12)14-6-4-9(8)12/h1-3,5,8-9H,4,6-7H2,(H2,13,15). The van der Waals surface area contributed by atoms with Crippen LogP contribution in [0.2, 0.25) is 0 Å². The zero-order valence-corrected chi connectivity index (χ0v) is 9.74. The lowest BCUT2D eigenvalue weighted by Crippen LogP contribution is -2.45. The molecule has 2 aliphatic heterocycles. The minimum atomic E-state index is -0.154. The summed E-state index contributed by atoms with van der Waals surface area (Å²) in [5.41, 5.74) is 6.61. The van der Waals surface area contributed by atoms with Crippen LogP contribution in [0.5, 0.6) is 0 Å². The fourth-order valence-corrected chi connectivity index (χ4v) is 4.75. The molecule has 1 spiro atoms. The van der Waals surface area contributed by atoms with Crippen molar-refractivity contribution in [1.82, 2.24) is 0 Å². The molecule has 3 nitrogen and oxygen atoms in total. The molecule has 2 heterocycles. The van der Waals surface area contributed by atoms with Crippen molar-refractivity contribution in [3.05, 3.63) is 24.3 Å². The Labute approximate surface area is 98.9 Å². The van der Waals surface area contributed by atoms with E-state index in [-0.39, 0.29) is 16.6 Å². The third-order valence-electron chi connectivity index (χ3n) is 3.74. The quantitative estimate of drug-likeness (QED) is 0.740. The van der Waals surface area contributed by atoms with E-state index in [0.717, 1.165) is 24.4 Å². The van der Waals surface area contributed by atoms with E-state index in [1.54, 1.807) is 0 Å². The number of aliphatic imine (C=N–C) groups is 1. The molecule has 1 saturated heterocycles. The van der Waals surface area contributed by atoms with Crippen molar-refractivity contribution in [2.75, 3.05) is 12.3 Å². The summed E-state index contributed by atoms with van der Waals surface area (Å²) in [4.78, 5) is 16.0. The van der Waals surface area contributed by atoms with Gasteiger partial charge in [-0.2, -0.15) is 0 Å². The smallest absolute Gasteiger partial charge is 0.221 e. The van der Waals surface area contributed by atoms with Gasteiger partial charge in [-0.15, -0.1) is 11.8 Å². The van der Waals surface area contributed by atoms with Crippen LogP contribution in [-0.4, -0.2) is 28.7 Å². The summed E-state index contributed by atoms with van der Waals surface area (Å²) < 4.78 is -0.0628. The summed E-state index contributed by atoms with van der Waals surface area (Å²) in [7, 11) is 0. The van der Waals surface area contributed by atoms with Gasteiger partial charge in [0.15, 0.2) is 0 Å². The van der Waals surface area contributed by atoms with Gasteiger partial charge in [0.05, 0.1) is 16.4 Å². The molecule has 0 bridgehead atoms. The number of nitrogens with zero attached hydrogens (tertiary/aromatic N) is 1. The minimum absolute atomic E-state index is 0.00616. The molecule has 84 valence electrons. The van der Waals surface area contributed by atoms with Gasteiger partial charge < -0.3 is 5.73 Å². The Morgan fingerprint density at radius 2 is 2.44 bits per heavy atom. The fraction of sp³-hybridized carbons (Fsp3) is 0.500. The fourth-order valence-electron chi connectivity index (χ4n) is 2.94. The molecule has 3 atom stereocenters. The minimum Gasteiger partial charge on any atom is -0.369 e. The van der Waals surface area contributed by atoms with Crippen molar-refractivity contribution >= 4 is 23.4 Å². The van der Waals surface area contributed by atoms with E-state index in [9.17, 15) is 4.79 Å². The van der Waals surface area contributed by atoms with Crippen molar-refractivity contribution in [3.63, 3.8) is 0 Å². The van der Waals surface area contributed by atoms with Crippen LogP contribution < -0.4 is 5.73 Å². The molecule has 3 unspecified atom stereocenters. The summed E-state index contributed by atoms with van der Waals surface area (Å²) in [5.74, 6) is 1.02. The molecular formula is C12H14N2OS. The van der Waals surface area contributed by atoms with Crippen molar-refractivity contribution in [2.45, 2.75) is 11.2 Å². The molecule has 0 radical (unpaired) electrons. The van der Waals surface area contributed by atoms with Gasteiger partial charge in [0, 0.05) is 12.3 Å². The van der Waals surface area contributed by atoms with E-state index in [0.29, 0.717) is 5.92 Å². The SMILES string of the molecule is NC(=O)C1CSC23C=CC=CC2=NCCC13. The second kappa shape index (κ2) is 3.48. The lowest BCUT2D eigenvalue weighted by atomic mass is 9.74. The van der Waals surface area contributed by atoms with Gasteiger partial charge in [-0.3, -0.25) is 9.79 Å². The molecule has 1 fully saturated rings. The molecule has 3 rings (SSSR count). The number of allylic oxidation sites excluding steroid dienone is 3. The Morgan fingerprint density at radius 1 is 1.56 bits per heavy atom. The molecule has 0 aromatic rings. The van der Waals surface area contributed by atoms with Gasteiger partial charge in [-0.25, -0.2) is 0 Å². The topological polar surface area (TPSA) is 55.5 Å². The Balaban J connectivity index is 2.04. The summed E-state index contributed by atoms with van der Waals surface area (Å²) in [6, 6.07) is 0. The van der Waals surface area contributed by atoms with Crippen LogP contribution in [0.15, 0.2) is 29.3 Å². The van der Waals surface area contributed by atoms with Crippen LogP contribution in [0.25, 0.3) is 0 Å². The van der Waals surface area contributed by atoms with Gasteiger partial charge in [-0.05, 0) is 18.4 Å². The molecule has 4 heteroatoms. The summed E-state index contributed by atoms with van der Waals surface area (Å²) in [5, 5.41) is 0. The molecular weight excluding hydrogens is 220 g/mol. The third kappa shape index (κ3) is 1.22. The Hall–Kier alpha value is -1.03. The first-order valence-corrected chi connectivity index (χ1v) is 6.57. The second-order valence-electron chi connectivity index (χ2n) is 4.49. The van der Waals surface area contributed by atoms with Gasteiger partial charge in [0.25, 0.3) is 0 Å². The zero-order valence-electron chi connectivity index (χ0n) is 8.93. The number of carbonyl (C=O) groups is 1. The van der Waals surface area contributed by atoms with E-state index in [1.165, 1.54) is 0 Å². The maximum atomic E-state index is 11.5. The van der Waals surface area contributed by atoms with Crippen LogP contribution in [0.4, 0.5) is 0 Å². The summed E-state index contributed by atoms with van der Waals surface area (Å²) in [6.07, 6.45) is 9.33. The van der Waals surface area contributed by atoms with E-state index < -0.39 is 0 Å². The van der Waals surface area contributed by atoms with Crippen LogP contribution in [0, 0.1) is 11.8 Å². The number of carbonyl (C=O) groups excluding carboxylic acids is 1. The monoisotopic (exact) mass is 234 g/mol. The van der Waals surface area contributed by atoms with Crippen LogP contribution >= 0.6 is 11.8 Å². The van der Waals surface area contributed by atoms with Crippen molar-refractivity contribution < 1.29 is 4.79 Å². The largest absolute Gasteiger partial charge is 0.369 e. The number of thioether (sulfide) groups is 1. The molecule has 3 aliphatic rings. The normalized spacial score (nSPS) is 40.1. The third-order valence-corrected chi connectivity index (χ3v) is 5.39. The Bertz CT molecular complexity index is 427. The number of hydrogen-bond acceptors (Lipinski definition) is 3. The van der Waals surface area contributed by atoms with Crippen molar-refractivity contribution in [1.29, 1.82) is 0 Å². The molecule has 0 aromatic heterocycles. The highest BCUT2D eigenvalue weighted by Gasteiger charge is 2.53. The first kappa shape index (κ1) is 10.1. The van der Waals surface area contributed by atoms with Gasteiger partial charge >= 0.3 is 0 Å². The number of primary amides is 1. The first-order chi connectivity index (χ1) is 7.74. The van der Waals surface area contributed by atoms with Gasteiger partial charge in [0.2, 0.25) is 5.91 Å². The highest BCUT2D eigenvalue weighted by molar-refractivity contribution is 8.02. The molecule has 0 saturated carbocycles. The molecule has 2 N–H and O–H groups in total. The number of amides is 1. The highest BCUT2D eigenvalue weighted by atomic mass is 32.2. The average Bonchev–Trinajstić information content (AvgIpc) is 2.66. The maximum absolute atomic E-state index is 11.5. The predicted molar refractivity (Wildman–Crippen MR) is 66.6 cm³/mol. The molecule has 1 amide bonds. The second-order valence-corrected chi connectivity index (χ2v) is 5.79. The van der Waals surface area contributed by atoms with Crippen molar-refractivity contribution in [3.8, 4) is 0 Å². The Morgan fingerprint density at radius 3 is 3.25 bits per heavy atom. The van der Waals surface area contributed by atoms with E-state index >= 15 is 0 Å². The number of rotatable bonds is 1. The van der Waals surface area contributed by atoms with E-state index in [2.05, 4.69) is 23.2 Å². The Kier molecular flexibility index (Phi) is 2.21. The summed E-state index contributed by atoms with van der Waals surface area (Å²) in [6.45, 7) is 0.824. The average molecular weight is 234 g/mol. The van der Waals surface area contributed by atoms with E-state index in [1.807, 2.05) is 17.8 Å². The molecule has 16 heavy (non-hydrogen) atoms. The first-order valence-electron chi connectivity index (χ1n) is 5.58.